The summed E-state index contributed by atoms with van der Waals surface area (Å²) in [6.07, 6.45) is 3.90. The van der Waals surface area contributed by atoms with Crippen molar-refractivity contribution in [2.24, 2.45) is 0 Å². The number of H-pyrrole nitrogens is 1. The van der Waals surface area contributed by atoms with Gasteiger partial charge in [0.15, 0.2) is 0 Å². The SMILES string of the molecule is CCC(Cc1cn[nH]n1)c1c(C)cc(C)cc1C. The van der Waals surface area contributed by atoms with Crippen LogP contribution in [0.1, 0.15) is 47.2 Å². The summed E-state index contributed by atoms with van der Waals surface area (Å²) in [6, 6.07) is 4.54. The molecule has 1 unspecified atom stereocenters. The number of aromatic nitrogens is 3. The van der Waals surface area contributed by atoms with Gasteiger partial charge in [0.1, 0.15) is 0 Å². The van der Waals surface area contributed by atoms with E-state index in [9.17, 15) is 0 Å². The molecule has 1 heterocycles. The summed E-state index contributed by atoms with van der Waals surface area (Å²) in [7, 11) is 0. The summed E-state index contributed by atoms with van der Waals surface area (Å²) >= 11 is 0. The fraction of sp³-hybridized carbons (Fsp3) is 0.467. The molecule has 0 saturated carbocycles. The van der Waals surface area contributed by atoms with E-state index >= 15 is 0 Å². The monoisotopic (exact) mass is 243 g/mol. The van der Waals surface area contributed by atoms with Crippen molar-refractivity contribution in [1.82, 2.24) is 15.4 Å². The molecular formula is C15H21N3. The summed E-state index contributed by atoms with van der Waals surface area (Å²) in [5.74, 6) is 0.524. The zero-order valence-corrected chi connectivity index (χ0v) is 11.6. The highest BCUT2D eigenvalue weighted by molar-refractivity contribution is 5.40. The Hall–Kier alpha value is -1.64. The Balaban J connectivity index is 2.33. The smallest absolute Gasteiger partial charge is 0.0830 e. The number of hydrogen-bond acceptors (Lipinski definition) is 2. The van der Waals surface area contributed by atoms with Gasteiger partial charge < -0.3 is 0 Å². The van der Waals surface area contributed by atoms with Crippen molar-refractivity contribution in [2.75, 3.05) is 0 Å². The van der Waals surface area contributed by atoms with Crippen molar-refractivity contribution < 1.29 is 0 Å². The summed E-state index contributed by atoms with van der Waals surface area (Å²) in [4.78, 5) is 0. The fourth-order valence-electron chi connectivity index (χ4n) is 2.86. The number of hydrogen-bond donors (Lipinski definition) is 1. The highest BCUT2D eigenvalue weighted by Crippen LogP contribution is 2.29. The molecule has 18 heavy (non-hydrogen) atoms. The number of nitrogens with zero attached hydrogens (tertiary/aromatic N) is 2. The van der Waals surface area contributed by atoms with Crippen molar-refractivity contribution in [3.8, 4) is 0 Å². The van der Waals surface area contributed by atoms with Crippen LogP contribution in [0.25, 0.3) is 0 Å². The lowest BCUT2D eigenvalue weighted by molar-refractivity contribution is 0.640. The first kappa shape index (κ1) is 12.8. The Morgan fingerprint density at radius 1 is 1.17 bits per heavy atom. The minimum absolute atomic E-state index is 0.524. The van der Waals surface area contributed by atoms with Gasteiger partial charge in [0.2, 0.25) is 0 Å². The van der Waals surface area contributed by atoms with Gasteiger partial charge in [0.05, 0.1) is 11.9 Å². The topological polar surface area (TPSA) is 41.6 Å². The Morgan fingerprint density at radius 2 is 1.83 bits per heavy atom. The van der Waals surface area contributed by atoms with E-state index in [-0.39, 0.29) is 0 Å². The maximum absolute atomic E-state index is 4.17. The van der Waals surface area contributed by atoms with E-state index in [1.54, 1.807) is 0 Å². The van der Waals surface area contributed by atoms with E-state index in [1.165, 1.54) is 22.3 Å². The van der Waals surface area contributed by atoms with E-state index in [0.717, 1.165) is 18.5 Å². The van der Waals surface area contributed by atoms with Crippen molar-refractivity contribution in [2.45, 2.75) is 46.5 Å². The third-order valence-electron chi connectivity index (χ3n) is 3.56. The van der Waals surface area contributed by atoms with Crippen molar-refractivity contribution in [3.05, 3.63) is 46.3 Å². The molecule has 0 radical (unpaired) electrons. The van der Waals surface area contributed by atoms with Gasteiger partial charge in [-0.05, 0) is 56.2 Å². The lowest BCUT2D eigenvalue weighted by Crippen LogP contribution is -2.07. The molecule has 0 aliphatic carbocycles. The van der Waals surface area contributed by atoms with Crippen LogP contribution in [-0.2, 0) is 6.42 Å². The van der Waals surface area contributed by atoms with Gasteiger partial charge >= 0.3 is 0 Å². The minimum atomic E-state index is 0.524. The second-order valence-corrected chi connectivity index (χ2v) is 5.08. The molecule has 0 fully saturated rings. The molecule has 2 aromatic rings. The maximum atomic E-state index is 4.17. The van der Waals surface area contributed by atoms with Crippen LogP contribution in [0.2, 0.25) is 0 Å². The molecule has 0 spiro atoms. The first-order valence-corrected chi connectivity index (χ1v) is 6.54. The summed E-state index contributed by atoms with van der Waals surface area (Å²) in [5.41, 5.74) is 6.64. The quantitative estimate of drug-likeness (QED) is 0.893. The maximum Gasteiger partial charge on any atom is 0.0830 e. The summed E-state index contributed by atoms with van der Waals surface area (Å²) in [6.45, 7) is 8.81. The first-order valence-electron chi connectivity index (χ1n) is 6.54. The average Bonchev–Trinajstić information content (AvgIpc) is 2.79. The van der Waals surface area contributed by atoms with E-state index < -0.39 is 0 Å². The molecule has 0 amide bonds. The Labute approximate surface area is 109 Å². The van der Waals surface area contributed by atoms with Crippen LogP contribution >= 0.6 is 0 Å². The number of rotatable bonds is 4. The van der Waals surface area contributed by atoms with Crippen LogP contribution in [0, 0.1) is 20.8 Å². The molecule has 0 saturated heterocycles. The Kier molecular flexibility index (Phi) is 3.80. The number of nitrogens with one attached hydrogen (secondary N) is 1. The van der Waals surface area contributed by atoms with E-state index in [1.807, 2.05) is 6.20 Å². The number of benzene rings is 1. The highest BCUT2D eigenvalue weighted by atomic mass is 15.3. The summed E-state index contributed by atoms with van der Waals surface area (Å²) in [5, 5.41) is 10.7. The van der Waals surface area contributed by atoms with Gasteiger partial charge in [-0.3, -0.25) is 0 Å². The third kappa shape index (κ3) is 2.61. The lowest BCUT2D eigenvalue weighted by atomic mass is 9.85. The van der Waals surface area contributed by atoms with Crippen molar-refractivity contribution in [1.29, 1.82) is 0 Å². The van der Waals surface area contributed by atoms with E-state index in [4.69, 9.17) is 0 Å². The predicted octanol–water partition coefficient (Wildman–Crippen LogP) is 3.47. The van der Waals surface area contributed by atoms with Gasteiger partial charge in [-0.2, -0.15) is 15.4 Å². The van der Waals surface area contributed by atoms with Gasteiger partial charge in [-0.1, -0.05) is 24.6 Å². The number of aryl methyl sites for hydroxylation is 3. The molecular weight excluding hydrogens is 222 g/mol. The molecule has 0 aliphatic rings. The normalized spacial score (nSPS) is 12.7. The predicted molar refractivity (Wildman–Crippen MR) is 73.8 cm³/mol. The van der Waals surface area contributed by atoms with Crippen molar-refractivity contribution in [3.63, 3.8) is 0 Å². The van der Waals surface area contributed by atoms with Crippen LogP contribution in [0.4, 0.5) is 0 Å². The van der Waals surface area contributed by atoms with Crippen LogP contribution in [0.5, 0.6) is 0 Å². The largest absolute Gasteiger partial charge is 0.198 e. The molecule has 0 bridgehead atoms. The molecule has 2 rings (SSSR count). The van der Waals surface area contributed by atoms with Crippen molar-refractivity contribution >= 4 is 0 Å². The molecule has 1 aromatic carbocycles. The van der Waals surface area contributed by atoms with E-state index in [0.29, 0.717) is 5.92 Å². The van der Waals surface area contributed by atoms with Gasteiger partial charge in [-0.25, -0.2) is 0 Å². The van der Waals surface area contributed by atoms with Gasteiger partial charge in [0, 0.05) is 0 Å². The zero-order valence-electron chi connectivity index (χ0n) is 11.6. The minimum Gasteiger partial charge on any atom is -0.198 e. The Morgan fingerprint density at radius 3 is 2.33 bits per heavy atom. The second kappa shape index (κ2) is 5.34. The standard InChI is InChI=1S/C15H21N3/c1-5-13(8-14-9-16-18-17-14)15-11(3)6-10(2)7-12(15)4/h6-7,9,13H,5,8H2,1-4H3,(H,16,17,18). The van der Waals surface area contributed by atoms with Gasteiger partial charge in [0.25, 0.3) is 0 Å². The van der Waals surface area contributed by atoms with Crippen LogP contribution in [0.15, 0.2) is 18.3 Å². The second-order valence-electron chi connectivity index (χ2n) is 5.08. The summed E-state index contributed by atoms with van der Waals surface area (Å²) < 4.78 is 0. The molecule has 3 heteroatoms. The highest BCUT2D eigenvalue weighted by Gasteiger charge is 2.16. The number of aromatic amines is 1. The molecule has 1 aromatic heterocycles. The van der Waals surface area contributed by atoms with Crippen LogP contribution in [0.3, 0.4) is 0 Å². The van der Waals surface area contributed by atoms with E-state index in [2.05, 4.69) is 55.2 Å². The molecule has 3 nitrogen and oxygen atoms in total. The average molecular weight is 243 g/mol. The molecule has 1 N–H and O–H groups in total. The molecule has 0 aliphatic heterocycles. The van der Waals surface area contributed by atoms with Crippen LogP contribution in [-0.4, -0.2) is 15.4 Å². The molecule has 96 valence electrons. The third-order valence-corrected chi connectivity index (χ3v) is 3.56. The van der Waals surface area contributed by atoms with Gasteiger partial charge in [-0.15, -0.1) is 0 Å². The lowest BCUT2D eigenvalue weighted by Gasteiger charge is -2.20. The Bertz CT molecular complexity index is 492. The molecule has 1 atom stereocenters. The zero-order chi connectivity index (χ0) is 13.1. The van der Waals surface area contributed by atoms with Crippen LogP contribution < -0.4 is 0 Å². The fourth-order valence-corrected chi connectivity index (χ4v) is 2.86. The first-order chi connectivity index (χ1) is 8.61.